The van der Waals surface area contributed by atoms with E-state index in [1.165, 1.54) is 0 Å². The Kier molecular flexibility index (Phi) is 7.03. The van der Waals surface area contributed by atoms with Gasteiger partial charge in [-0.15, -0.1) is 0 Å². The average molecular weight is 265 g/mol. The second-order valence-corrected chi connectivity index (χ2v) is 6.66. The van der Waals surface area contributed by atoms with Gasteiger partial charge < -0.3 is 14.8 Å². The fourth-order valence-electron chi connectivity index (χ4n) is 1.88. The van der Waals surface area contributed by atoms with Crippen LogP contribution in [0.4, 0.5) is 0 Å². The maximum absolute atomic E-state index is 11.2. The van der Waals surface area contributed by atoms with Gasteiger partial charge in [-0.2, -0.15) is 0 Å². The molecule has 0 aromatic heterocycles. The third-order valence-electron chi connectivity index (χ3n) is 2.83. The zero-order valence-electron chi connectivity index (χ0n) is 10.5. The van der Waals surface area contributed by atoms with Gasteiger partial charge in [-0.1, -0.05) is 0 Å². The maximum Gasteiger partial charge on any atom is 0.150 e. The lowest BCUT2D eigenvalue weighted by Crippen LogP contribution is -2.25. The van der Waals surface area contributed by atoms with Gasteiger partial charge in [0.05, 0.1) is 24.7 Å². The standard InChI is InChI=1S/C11H23NO4S/c1-15-6-7-16-5-2-4-12-9-11-3-8-17(13,14)10-11/h11-12H,2-10H2,1H3. The summed E-state index contributed by atoms with van der Waals surface area (Å²) in [5.74, 6) is 1.01. The van der Waals surface area contributed by atoms with Crippen LogP contribution < -0.4 is 5.32 Å². The highest BCUT2D eigenvalue weighted by Crippen LogP contribution is 2.17. The van der Waals surface area contributed by atoms with E-state index in [1.54, 1.807) is 7.11 Å². The average Bonchev–Trinajstić information content (AvgIpc) is 2.62. The van der Waals surface area contributed by atoms with Crippen molar-refractivity contribution in [3.63, 3.8) is 0 Å². The van der Waals surface area contributed by atoms with Crippen molar-refractivity contribution >= 4 is 9.84 Å². The van der Waals surface area contributed by atoms with Gasteiger partial charge >= 0.3 is 0 Å². The zero-order valence-corrected chi connectivity index (χ0v) is 11.3. The van der Waals surface area contributed by atoms with Crippen LogP contribution in [0.3, 0.4) is 0 Å². The van der Waals surface area contributed by atoms with E-state index in [4.69, 9.17) is 9.47 Å². The predicted molar refractivity (Wildman–Crippen MR) is 66.9 cm³/mol. The molecule has 1 atom stereocenters. The first-order valence-corrected chi connectivity index (χ1v) is 7.94. The van der Waals surface area contributed by atoms with Gasteiger partial charge in [-0.25, -0.2) is 8.42 Å². The molecule has 0 spiro atoms. The minimum Gasteiger partial charge on any atom is -0.382 e. The van der Waals surface area contributed by atoms with Crippen molar-refractivity contribution in [1.29, 1.82) is 0 Å². The molecule has 1 N–H and O–H groups in total. The summed E-state index contributed by atoms with van der Waals surface area (Å²) in [6.45, 7) is 3.67. The molecule has 0 saturated carbocycles. The summed E-state index contributed by atoms with van der Waals surface area (Å²) in [6, 6.07) is 0. The highest BCUT2D eigenvalue weighted by Gasteiger charge is 2.27. The van der Waals surface area contributed by atoms with Crippen molar-refractivity contribution in [2.75, 3.05) is 51.5 Å². The molecule has 0 radical (unpaired) electrons. The molecule has 6 heteroatoms. The minimum absolute atomic E-state index is 0.300. The largest absolute Gasteiger partial charge is 0.382 e. The summed E-state index contributed by atoms with van der Waals surface area (Å²) in [5.41, 5.74) is 0. The van der Waals surface area contributed by atoms with Gasteiger partial charge in [0, 0.05) is 13.7 Å². The van der Waals surface area contributed by atoms with E-state index in [-0.39, 0.29) is 0 Å². The summed E-state index contributed by atoms with van der Waals surface area (Å²) < 4.78 is 32.6. The van der Waals surface area contributed by atoms with Crippen LogP contribution in [0.25, 0.3) is 0 Å². The molecule has 0 aromatic rings. The molecule has 1 fully saturated rings. The number of sulfone groups is 1. The molecular weight excluding hydrogens is 242 g/mol. The van der Waals surface area contributed by atoms with Crippen LogP contribution in [-0.2, 0) is 19.3 Å². The maximum atomic E-state index is 11.2. The first kappa shape index (κ1) is 14.9. The molecule has 102 valence electrons. The molecule has 0 aliphatic carbocycles. The van der Waals surface area contributed by atoms with Crippen LogP contribution in [-0.4, -0.2) is 59.9 Å². The van der Waals surface area contributed by atoms with Crippen LogP contribution in [0.15, 0.2) is 0 Å². The Bertz CT molecular complexity index is 292. The van der Waals surface area contributed by atoms with Gasteiger partial charge in [-0.05, 0) is 31.8 Å². The van der Waals surface area contributed by atoms with Crippen molar-refractivity contribution < 1.29 is 17.9 Å². The normalized spacial score (nSPS) is 23.0. The Morgan fingerprint density at radius 1 is 1.29 bits per heavy atom. The van der Waals surface area contributed by atoms with Gasteiger partial charge in [0.2, 0.25) is 0 Å². The Morgan fingerprint density at radius 2 is 2.12 bits per heavy atom. The fourth-order valence-corrected chi connectivity index (χ4v) is 3.74. The number of rotatable bonds is 9. The molecule has 0 bridgehead atoms. The van der Waals surface area contributed by atoms with Gasteiger partial charge in [0.1, 0.15) is 0 Å². The summed E-state index contributed by atoms with van der Waals surface area (Å²) in [6.07, 6.45) is 1.75. The van der Waals surface area contributed by atoms with Crippen molar-refractivity contribution in [1.82, 2.24) is 5.32 Å². The first-order valence-electron chi connectivity index (χ1n) is 6.12. The Balaban J connectivity index is 1.88. The van der Waals surface area contributed by atoms with Crippen LogP contribution in [0.1, 0.15) is 12.8 Å². The molecule has 0 amide bonds. The summed E-state index contributed by atoms with van der Waals surface area (Å²) in [4.78, 5) is 0. The summed E-state index contributed by atoms with van der Waals surface area (Å²) in [5, 5.41) is 3.28. The highest BCUT2D eigenvalue weighted by atomic mass is 32.2. The smallest absolute Gasteiger partial charge is 0.150 e. The molecule has 0 aromatic carbocycles. The van der Waals surface area contributed by atoms with E-state index in [0.29, 0.717) is 30.6 Å². The topological polar surface area (TPSA) is 64.6 Å². The highest BCUT2D eigenvalue weighted by molar-refractivity contribution is 7.91. The summed E-state index contributed by atoms with van der Waals surface area (Å²) >= 11 is 0. The Labute approximate surface area is 104 Å². The van der Waals surface area contributed by atoms with Gasteiger partial charge in [0.25, 0.3) is 0 Å². The predicted octanol–water partition coefficient (Wildman–Crippen LogP) is 0.0638. The SMILES string of the molecule is COCCOCCCNCC1CCS(=O)(=O)C1. The Hall–Kier alpha value is -0.170. The van der Waals surface area contributed by atoms with E-state index < -0.39 is 9.84 Å². The number of methoxy groups -OCH3 is 1. The number of nitrogens with one attached hydrogen (secondary N) is 1. The van der Waals surface area contributed by atoms with Gasteiger partial charge in [-0.3, -0.25) is 0 Å². The van der Waals surface area contributed by atoms with Crippen LogP contribution in [0.5, 0.6) is 0 Å². The lowest BCUT2D eigenvalue weighted by Gasteiger charge is -2.09. The fraction of sp³-hybridized carbons (Fsp3) is 1.00. The third-order valence-corrected chi connectivity index (χ3v) is 4.67. The first-order chi connectivity index (χ1) is 8.14. The molecule has 17 heavy (non-hydrogen) atoms. The van der Waals surface area contributed by atoms with E-state index in [1.807, 2.05) is 0 Å². The van der Waals surface area contributed by atoms with E-state index >= 15 is 0 Å². The van der Waals surface area contributed by atoms with Crippen LogP contribution in [0.2, 0.25) is 0 Å². The van der Waals surface area contributed by atoms with E-state index in [9.17, 15) is 8.42 Å². The lowest BCUT2D eigenvalue weighted by molar-refractivity contribution is 0.0694. The molecule has 1 aliphatic rings. The molecule has 5 nitrogen and oxygen atoms in total. The van der Waals surface area contributed by atoms with Crippen molar-refractivity contribution in [3.8, 4) is 0 Å². The number of ether oxygens (including phenoxy) is 2. The quantitative estimate of drug-likeness (QED) is 0.597. The molecule has 1 heterocycles. The monoisotopic (exact) mass is 265 g/mol. The van der Waals surface area contributed by atoms with Crippen molar-refractivity contribution in [2.24, 2.45) is 5.92 Å². The molecule has 1 unspecified atom stereocenters. The van der Waals surface area contributed by atoms with E-state index in [2.05, 4.69) is 5.32 Å². The minimum atomic E-state index is -2.73. The number of hydrogen-bond donors (Lipinski definition) is 1. The molecule has 1 saturated heterocycles. The molecule has 1 aliphatic heterocycles. The molecule has 1 rings (SSSR count). The van der Waals surface area contributed by atoms with E-state index in [0.717, 1.165) is 32.5 Å². The Morgan fingerprint density at radius 3 is 2.76 bits per heavy atom. The second kappa shape index (κ2) is 8.02. The zero-order chi connectivity index (χ0) is 12.6. The van der Waals surface area contributed by atoms with Crippen molar-refractivity contribution in [3.05, 3.63) is 0 Å². The van der Waals surface area contributed by atoms with Gasteiger partial charge in [0.15, 0.2) is 9.84 Å². The lowest BCUT2D eigenvalue weighted by atomic mass is 10.1. The number of hydrogen-bond acceptors (Lipinski definition) is 5. The second-order valence-electron chi connectivity index (χ2n) is 4.43. The van der Waals surface area contributed by atoms with Crippen molar-refractivity contribution in [2.45, 2.75) is 12.8 Å². The third kappa shape index (κ3) is 6.98. The van der Waals surface area contributed by atoms with Crippen LogP contribution >= 0.6 is 0 Å². The van der Waals surface area contributed by atoms with Crippen LogP contribution in [0, 0.1) is 5.92 Å². The summed E-state index contributed by atoms with van der Waals surface area (Å²) in [7, 11) is -1.08. The molecular formula is C11H23NO4S.